The van der Waals surface area contributed by atoms with E-state index in [1.54, 1.807) is 12.1 Å². The maximum absolute atomic E-state index is 12.2. The Hall–Kier alpha value is -1.65. The molecule has 1 atom stereocenters. The van der Waals surface area contributed by atoms with Crippen LogP contribution in [0.2, 0.25) is 0 Å². The third kappa shape index (κ3) is 1.85. The molecule has 5 heteroatoms. The lowest BCUT2D eigenvalue weighted by Gasteiger charge is -2.24. The van der Waals surface area contributed by atoms with Crippen molar-refractivity contribution < 1.29 is 18.3 Å². The van der Waals surface area contributed by atoms with Gasteiger partial charge in [0.15, 0.2) is 0 Å². The summed E-state index contributed by atoms with van der Waals surface area (Å²) in [6.45, 7) is -0.481. The summed E-state index contributed by atoms with van der Waals surface area (Å²) in [6.07, 6.45) is 0. The molecule has 2 rings (SSSR count). The van der Waals surface area contributed by atoms with E-state index in [2.05, 4.69) is 10.1 Å². The van der Waals surface area contributed by atoms with E-state index in [1.807, 2.05) is 6.92 Å². The van der Waals surface area contributed by atoms with Crippen molar-refractivity contribution in [3.05, 3.63) is 29.3 Å². The number of ether oxygens (including phenoxy) is 1. The van der Waals surface area contributed by atoms with Gasteiger partial charge >= 0.3 is 6.61 Å². The van der Waals surface area contributed by atoms with Crippen molar-refractivity contribution in [2.24, 2.45) is 0 Å². The fourth-order valence-corrected chi connectivity index (χ4v) is 1.84. The number of benzene rings is 1. The second-order valence-corrected chi connectivity index (χ2v) is 3.71. The van der Waals surface area contributed by atoms with Crippen molar-refractivity contribution in [2.75, 3.05) is 6.54 Å². The van der Waals surface area contributed by atoms with Gasteiger partial charge in [0.1, 0.15) is 5.75 Å². The Kier molecular flexibility index (Phi) is 2.77. The van der Waals surface area contributed by atoms with Crippen molar-refractivity contribution in [1.29, 1.82) is 0 Å². The van der Waals surface area contributed by atoms with Crippen molar-refractivity contribution in [3.63, 3.8) is 0 Å². The largest absolute Gasteiger partial charge is 0.434 e. The van der Waals surface area contributed by atoms with Crippen LogP contribution >= 0.6 is 0 Å². The quantitative estimate of drug-likeness (QED) is 0.840. The number of carbonyl (C=O) groups is 1. The zero-order valence-electron chi connectivity index (χ0n) is 8.67. The molecule has 0 saturated carbocycles. The summed E-state index contributed by atoms with van der Waals surface area (Å²) < 4.78 is 28.7. The SMILES string of the molecule is CC1CNC(=O)c2c(OC(F)F)cccc21. The monoisotopic (exact) mass is 227 g/mol. The molecule has 1 aromatic carbocycles. The van der Waals surface area contributed by atoms with E-state index in [4.69, 9.17) is 0 Å². The number of alkyl halides is 2. The second kappa shape index (κ2) is 4.08. The Bertz CT molecular complexity index is 420. The highest BCUT2D eigenvalue weighted by atomic mass is 19.3. The molecule has 0 aliphatic carbocycles. The van der Waals surface area contributed by atoms with Crippen molar-refractivity contribution in [3.8, 4) is 5.75 Å². The third-order valence-corrected chi connectivity index (χ3v) is 2.60. The Morgan fingerprint density at radius 3 is 2.94 bits per heavy atom. The maximum atomic E-state index is 12.2. The number of fused-ring (bicyclic) bond motifs is 1. The number of halogens is 2. The van der Waals surface area contributed by atoms with E-state index < -0.39 is 6.61 Å². The summed E-state index contributed by atoms with van der Waals surface area (Å²) in [5.41, 5.74) is 0.975. The molecule has 1 N–H and O–H groups in total. The van der Waals surface area contributed by atoms with Gasteiger partial charge in [-0.2, -0.15) is 8.78 Å². The van der Waals surface area contributed by atoms with Gasteiger partial charge in [-0.15, -0.1) is 0 Å². The van der Waals surface area contributed by atoms with Crippen molar-refractivity contribution >= 4 is 5.91 Å². The smallest absolute Gasteiger partial charge is 0.387 e. The molecule has 0 bridgehead atoms. The molecule has 0 radical (unpaired) electrons. The summed E-state index contributed by atoms with van der Waals surface area (Å²) in [7, 11) is 0. The molecule has 0 saturated heterocycles. The van der Waals surface area contributed by atoms with Crippen LogP contribution in [0, 0.1) is 0 Å². The van der Waals surface area contributed by atoms with Crippen molar-refractivity contribution in [1.82, 2.24) is 5.32 Å². The Balaban J connectivity index is 2.47. The summed E-state index contributed by atoms with van der Waals surface area (Å²) in [4.78, 5) is 11.6. The van der Waals surface area contributed by atoms with Gasteiger partial charge in [0.25, 0.3) is 5.91 Å². The van der Waals surface area contributed by atoms with Crippen LogP contribution in [-0.2, 0) is 0 Å². The zero-order chi connectivity index (χ0) is 11.7. The molecular formula is C11H11F2NO2. The molecule has 1 unspecified atom stereocenters. The van der Waals surface area contributed by atoms with E-state index in [1.165, 1.54) is 6.07 Å². The standard InChI is InChI=1S/C11H11F2NO2/c1-6-5-14-10(15)9-7(6)3-2-4-8(9)16-11(12)13/h2-4,6,11H,5H2,1H3,(H,14,15). The molecule has 1 aliphatic rings. The summed E-state index contributed by atoms with van der Waals surface area (Å²) in [5, 5.41) is 2.64. The van der Waals surface area contributed by atoms with Crippen LogP contribution in [0.5, 0.6) is 5.75 Å². The highest BCUT2D eigenvalue weighted by Gasteiger charge is 2.26. The molecular weight excluding hydrogens is 216 g/mol. The molecule has 3 nitrogen and oxygen atoms in total. The predicted molar refractivity (Wildman–Crippen MR) is 53.8 cm³/mol. The minimum Gasteiger partial charge on any atom is -0.434 e. The van der Waals surface area contributed by atoms with E-state index in [0.29, 0.717) is 6.54 Å². The van der Waals surface area contributed by atoms with E-state index in [-0.39, 0.29) is 23.1 Å². The molecule has 1 aliphatic heterocycles. The summed E-state index contributed by atoms with van der Waals surface area (Å²) in [5.74, 6) is -0.310. The van der Waals surface area contributed by atoms with Gasteiger partial charge in [0, 0.05) is 6.54 Å². The number of hydrogen-bond acceptors (Lipinski definition) is 2. The molecule has 1 aromatic rings. The highest BCUT2D eigenvalue weighted by Crippen LogP contribution is 2.31. The lowest BCUT2D eigenvalue weighted by molar-refractivity contribution is -0.0502. The van der Waals surface area contributed by atoms with Crippen LogP contribution in [0.25, 0.3) is 0 Å². The summed E-state index contributed by atoms with van der Waals surface area (Å²) >= 11 is 0. The fourth-order valence-electron chi connectivity index (χ4n) is 1.84. The van der Waals surface area contributed by atoms with Gasteiger partial charge in [0.2, 0.25) is 0 Å². The van der Waals surface area contributed by atoms with Crippen LogP contribution < -0.4 is 10.1 Å². The van der Waals surface area contributed by atoms with Crippen LogP contribution in [0.4, 0.5) is 8.78 Å². The molecule has 0 spiro atoms. The molecule has 16 heavy (non-hydrogen) atoms. The predicted octanol–water partition coefficient (Wildman–Crippen LogP) is 2.13. The number of hydrogen-bond donors (Lipinski definition) is 1. The minimum absolute atomic E-state index is 0.0587. The first-order valence-corrected chi connectivity index (χ1v) is 4.95. The maximum Gasteiger partial charge on any atom is 0.387 e. The van der Waals surface area contributed by atoms with Crippen LogP contribution in [0.1, 0.15) is 28.8 Å². The van der Waals surface area contributed by atoms with Crippen LogP contribution in [0.3, 0.4) is 0 Å². The van der Waals surface area contributed by atoms with Gasteiger partial charge < -0.3 is 10.1 Å². The van der Waals surface area contributed by atoms with Gasteiger partial charge in [-0.3, -0.25) is 4.79 Å². The average molecular weight is 227 g/mol. The Morgan fingerprint density at radius 1 is 1.50 bits per heavy atom. The molecule has 0 fully saturated rings. The Morgan fingerprint density at radius 2 is 2.25 bits per heavy atom. The first-order valence-electron chi connectivity index (χ1n) is 4.95. The highest BCUT2D eigenvalue weighted by molar-refractivity contribution is 5.99. The second-order valence-electron chi connectivity index (χ2n) is 3.71. The lowest BCUT2D eigenvalue weighted by Crippen LogP contribution is -2.34. The lowest BCUT2D eigenvalue weighted by atomic mass is 9.91. The molecule has 86 valence electrons. The average Bonchev–Trinajstić information content (AvgIpc) is 2.23. The summed E-state index contributed by atoms with van der Waals surface area (Å²) in [6, 6.07) is 4.76. The number of nitrogens with one attached hydrogen (secondary N) is 1. The molecule has 1 amide bonds. The van der Waals surface area contributed by atoms with E-state index >= 15 is 0 Å². The first-order chi connectivity index (χ1) is 7.59. The van der Waals surface area contributed by atoms with E-state index in [0.717, 1.165) is 5.56 Å². The third-order valence-electron chi connectivity index (χ3n) is 2.60. The molecule has 1 heterocycles. The minimum atomic E-state index is -2.92. The van der Waals surface area contributed by atoms with Crippen LogP contribution in [0.15, 0.2) is 18.2 Å². The van der Waals surface area contributed by atoms with E-state index in [9.17, 15) is 13.6 Å². The number of carbonyl (C=O) groups excluding carboxylic acids is 1. The topological polar surface area (TPSA) is 38.3 Å². The zero-order valence-corrected chi connectivity index (χ0v) is 8.67. The normalized spacial score (nSPS) is 19.2. The van der Waals surface area contributed by atoms with Crippen molar-refractivity contribution in [2.45, 2.75) is 19.5 Å². The Labute approximate surface area is 91.4 Å². The van der Waals surface area contributed by atoms with Gasteiger partial charge in [-0.05, 0) is 17.5 Å². The van der Waals surface area contributed by atoms with Gasteiger partial charge in [-0.1, -0.05) is 19.1 Å². The fraction of sp³-hybridized carbons (Fsp3) is 0.364. The number of rotatable bonds is 2. The van der Waals surface area contributed by atoms with Gasteiger partial charge in [0.05, 0.1) is 5.56 Å². The first kappa shape index (κ1) is 10.9. The number of amides is 1. The molecule has 0 aromatic heterocycles. The van der Waals surface area contributed by atoms with Crippen LogP contribution in [-0.4, -0.2) is 19.1 Å². The van der Waals surface area contributed by atoms with Gasteiger partial charge in [-0.25, -0.2) is 0 Å².